The van der Waals surface area contributed by atoms with E-state index in [1.165, 1.54) is 16.8 Å². The Kier molecular flexibility index (Phi) is 4.64. The number of anilines is 1. The smallest absolute Gasteiger partial charge is 0.338 e. The standard InChI is InChI=1S/C27H26N2O4/c1-2-33-27(30)18-13-23-20-9-4-7-17(20)15-28-25(16-6-3-8-19(12-16)29(31)32)22-11-5-10-21(22)24(14-18)26(23)28/h3-6,8-10,12-14,17,20-22,25H,2,7,11,15H2,1H3/t17-,20+,21+,22+,25+/m1/s1. The first-order chi connectivity index (χ1) is 16.1. The van der Waals surface area contributed by atoms with Crippen molar-refractivity contribution in [3.05, 3.63) is 93.1 Å². The third-order valence-corrected chi connectivity index (χ3v) is 7.78. The number of esters is 1. The minimum Gasteiger partial charge on any atom is -0.462 e. The second-order valence-corrected chi connectivity index (χ2v) is 9.48. The number of nitro groups is 1. The van der Waals surface area contributed by atoms with Crippen LogP contribution in [0.2, 0.25) is 0 Å². The Bertz CT molecular complexity index is 1200. The highest BCUT2D eigenvalue weighted by Gasteiger charge is 2.48. The molecule has 0 unspecified atom stereocenters. The van der Waals surface area contributed by atoms with Crippen LogP contribution in [0.5, 0.6) is 0 Å². The number of allylic oxidation sites excluding steroid dienone is 4. The number of nitrogens with zero attached hydrogens (tertiary/aromatic N) is 2. The Labute approximate surface area is 192 Å². The average molecular weight is 443 g/mol. The molecule has 2 aliphatic heterocycles. The van der Waals surface area contributed by atoms with E-state index >= 15 is 0 Å². The fourth-order valence-electron chi connectivity index (χ4n) is 6.51. The molecular weight excluding hydrogens is 416 g/mol. The van der Waals surface area contributed by atoms with Gasteiger partial charge in [0, 0.05) is 36.2 Å². The Morgan fingerprint density at radius 3 is 2.67 bits per heavy atom. The van der Waals surface area contributed by atoms with Crippen LogP contribution in [0.4, 0.5) is 11.4 Å². The predicted molar refractivity (Wildman–Crippen MR) is 126 cm³/mol. The molecular formula is C27H26N2O4. The van der Waals surface area contributed by atoms with Crippen LogP contribution in [-0.2, 0) is 4.74 Å². The summed E-state index contributed by atoms with van der Waals surface area (Å²) in [6.07, 6.45) is 10.9. The number of benzene rings is 2. The van der Waals surface area contributed by atoms with Crippen LogP contribution in [0.25, 0.3) is 0 Å². The van der Waals surface area contributed by atoms with Crippen LogP contribution in [0.15, 0.2) is 60.7 Å². The monoisotopic (exact) mass is 442 g/mol. The highest BCUT2D eigenvalue weighted by atomic mass is 16.6. The molecule has 2 aromatic carbocycles. The molecule has 33 heavy (non-hydrogen) atoms. The molecule has 4 aliphatic rings. The topological polar surface area (TPSA) is 72.7 Å². The van der Waals surface area contributed by atoms with Crippen molar-refractivity contribution in [2.45, 2.75) is 37.6 Å². The molecule has 6 rings (SSSR count). The van der Waals surface area contributed by atoms with Crippen molar-refractivity contribution in [2.75, 3.05) is 18.1 Å². The lowest BCUT2D eigenvalue weighted by Crippen LogP contribution is -2.46. The van der Waals surface area contributed by atoms with Gasteiger partial charge in [-0.05, 0) is 60.4 Å². The van der Waals surface area contributed by atoms with Gasteiger partial charge in [0.15, 0.2) is 0 Å². The quantitative estimate of drug-likeness (QED) is 0.264. The predicted octanol–water partition coefficient (Wildman–Crippen LogP) is 5.67. The summed E-state index contributed by atoms with van der Waals surface area (Å²) in [5.74, 6) is 0.907. The lowest BCUT2D eigenvalue weighted by molar-refractivity contribution is -0.384. The number of hydrogen-bond acceptors (Lipinski definition) is 5. The summed E-state index contributed by atoms with van der Waals surface area (Å²) in [4.78, 5) is 26.4. The summed E-state index contributed by atoms with van der Waals surface area (Å²) in [5, 5.41) is 11.5. The minimum absolute atomic E-state index is 0.0612. The van der Waals surface area contributed by atoms with E-state index in [0.29, 0.717) is 18.1 Å². The Morgan fingerprint density at radius 1 is 1.12 bits per heavy atom. The Hall–Kier alpha value is -3.41. The second kappa shape index (κ2) is 7.58. The summed E-state index contributed by atoms with van der Waals surface area (Å²) >= 11 is 0. The summed E-state index contributed by atoms with van der Waals surface area (Å²) < 4.78 is 5.36. The lowest BCUT2D eigenvalue weighted by atomic mass is 9.70. The normalized spacial score (nSPS) is 28.3. The molecule has 6 nitrogen and oxygen atoms in total. The van der Waals surface area contributed by atoms with Gasteiger partial charge in [0.2, 0.25) is 0 Å². The van der Waals surface area contributed by atoms with E-state index in [0.717, 1.165) is 24.9 Å². The maximum Gasteiger partial charge on any atom is 0.338 e. The molecule has 0 spiro atoms. The Balaban J connectivity index is 1.55. The van der Waals surface area contributed by atoms with Crippen molar-refractivity contribution < 1.29 is 14.5 Å². The number of non-ortho nitro benzene ring substituents is 1. The maximum absolute atomic E-state index is 12.7. The molecule has 6 heteroatoms. The molecule has 0 N–H and O–H groups in total. The van der Waals surface area contributed by atoms with Crippen LogP contribution < -0.4 is 4.90 Å². The molecule has 2 heterocycles. The van der Waals surface area contributed by atoms with Gasteiger partial charge < -0.3 is 9.64 Å². The van der Waals surface area contributed by atoms with E-state index < -0.39 is 0 Å². The Morgan fingerprint density at radius 2 is 1.88 bits per heavy atom. The van der Waals surface area contributed by atoms with Gasteiger partial charge in [0.1, 0.15) is 0 Å². The third kappa shape index (κ3) is 3.04. The lowest BCUT2D eigenvalue weighted by Gasteiger charge is -2.51. The van der Waals surface area contributed by atoms with Crippen LogP contribution in [0, 0.1) is 22.0 Å². The van der Waals surface area contributed by atoms with Gasteiger partial charge in [-0.3, -0.25) is 10.1 Å². The van der Waals surface area contributed by atoms with E-state index in [1.807, 2.05) is 25.1 Å². The number of fused-ring (bicyclic) bond motifs is 4. The number of carbonyl (C=O) groups excluding carboxylic acids is 1. The van der Waals surface area contributed by atoms with Gasteiger partial charge in [-0.15, -0.1) is 0 Å². The minimum atomic E-state index is -0.311. The van der Waals surface area contributed by atoms with Crippen LogP contribution in [-0.4, -0.2) is 24.0 Å². The fraction of sp³-hybridized carbons (Fsp3) is 0.370. The highest BCUT2D eigenvalue weighted by Crippen LogP contribution is 2.59. The molecule has 5 atom stereocenters. The van der Waals surface area contributed by atoms with Gasteiger partial charge in [-0.25, -0.2) is 4.79 Å². The van der Waals surface area contributed by atoms with E-state index in [9.17, 15) is 14.9 Å². The van der Waals surface area contributed by atoms with Crippen molar-refractivity contribution in [1.29, 1.82) is 0 Å². The van der Waals surface area contributed by atoms with Gasteiger partial charge in [0.25, 0.3) is 5.69 Å². The molecule has 168 valence electrons. The molecule has 2 aromatic rings. The zero-order valence-corrected chi connectivity index (χ0v) is 18.5. The molecule has 0 amide bonds. The van der Waals surface area contributed by atoms with Crippen LogP contribution in [0.1, 0.15) is 64.7 Å². The molecule has 0 fully saturated rings. The first-order valence-electron chi connectivity index (χ1n) is 11.8. The van der Waals surface area contributed by atoms with Gasteiger partial charge in [-0.2, -0.15) is 0 Å². The zero-order chi connectivity index (χ0) is 22.7. The molecule has 0 saturated heterocycles. The summed E-state index contributed by atoms with van der Waals surface area (Å²) in [6.45, 7) is 3.09. The van der Waals surface area contributed by atoms with E-state index in [-0.39, 0.29) is 40.4 Å². The molecule has 0 saturated carbocycles. The van der Waals surface area contributed by atoms with Crippen molar-refractivity contribution >= 4 is 17.3 Å². The number of carbonyl (C=O) groups is 1. The largest absolute Gasteiger partial charge is 0.462 e. The van der Waals surface area contributed by atoms with Crippen molar-refractivity contribution in [1.82, 2.24) is 0 Å². The number of hydrogen-bond donors (Lipinski definition) is 0. The molecule has 2 aliphatic carbocycles. The second-order valence-electron chi connectivity index (χ2n) is 9.48. The SMILES string of the molecule is CCOC(=O)c1cc2c3c(c1)[C@H]1C=CC[C@@H]1[C@H](c1cccc([N+](=O)[O-])c1)N3C[C@H]1CC=C[C@H]21. The summed E-state index contributed by atoms with van der Waals surface area (Å²) in [5.41, 5.74) is 5.35. The van der Waals surface area contributed by atoms with Crippen LogP contribution in [0.3, 0.4) is 0 Å². The van der Waals surface area contributed by atoms with Gasteiger partial charge in [-0.1, -0.05) is 36.4 Å². The molecule has 0 radical (unpaired) electrons. The fourth-order valence-corrected chi connectivity index (χ4v) is 6.51. The molecule has 0 bridgehead atoms. The average Bonchev–Trinajstić information content (AvgIpc) is 3.49. The van der Waals surface area contributed by atoms with Crippen molar-refractivity contribution in [2.24, 2.45) is 11.8 Å². The number of ether oxygens (including phenoxy) is 1. The maximum atomic E-state index is 12.7. The zero-order valence-electron chi connectivity index (χ0n) is 18.5. The van der Waals surface area contributed by atoms with Crippen molar-refractivity contribution in [3.63, 3.8) is 0 Å². The highest BCUT2D eigenvalue weighted by molar-refractivity contribution is 5.92. The third-order valence-electron chi connectivity index (χ3n) is 7.78. The van der Waals surface area contributed by atoms with E-state index in [2.05, 4.69) is 29.2 Å². The first kappa shape index (κ1) is 20.2. The first-order valence-corrected chi connectivity index (χ1v) is 11.8. The van der Waals surface area contributed by atoms with Gasteiger partial charge in [0.05, 0.1) is 23.1 Å². The number of rotatable bonds is 4. The number of nitro benzene ring substituents is 1. The van der Waals surface area contributed by atoms with Crippen LogP contribution >= 0.6 is 0 Å². The van der Waals surface area contributed by atoms with E-state index in [4.69, 9.17) is 4.74 Å². The van der Waals surface area contributed by atoms with E-state index in [1.54, 1.807) is 18.2 Å². The van der Waals surface area contributed by atoms with Gasteiger partial charge >= 0.3 is 5.97 Å². The van der Waals surface area contributed by atoms with Crippen molar-refractivity contribution in [3.8, 4) is 0 Å². The summed E-state index contributed by atoms with van der Waals surface area (Å²) in [7, 11) is 0. The molecule has 0 aromatic heterocycles. The summed E-state index contributed by atoms with van der Waals surface area (Å²) in [6, 6.07) is 11.3.